The molecular formula is C13H27NO2. The largest absolute Gasteiger partial charge is 0.480 e. The first kappa shape index (κ1) is 15.4. The van der Waals surface area contributed by atoms with E-state index in [1.54, 1.807) is 0 Å². The summed E-state index contributed by atoms with van der Waals surface area (Å²) in [4.78, 5) is 11.0. The predicted molar refractivity (Wildman–Crippen MR) is 67.6 cm³/mol. The molecule has 0 aromatic rings. The van der Waals surface area contributed by atoms with Crippen molar-refractivity contribution in [3.63, 3.8) is 0 Å². The maximum atomic E-state index is 11.0. The molecule has 0 radical (unpaired) electrons. The fraction of sp³-hybridized carbons (Fsp3) is 0.923. The van der Waals surface area contributed by atoms with Crippen molar-refractivity contribution in [3.05, 3.63) is 0 Å². The molecule has 16 heavy (non-hydrogen) atoms. The van der Waals surface area contributed by atoms with Gasteiger partial charge in [-0.25, -0.2) is 0 Å². The van der Waals surface area contributed by atoms with Crippen molar-refractivity contribution in [1.82, 2.24) is 5.32 Å². The molecule has 0 aromatic carbocycles. The molecule has 0 bridgehead atoms. The minimum atomic E-state index is -0.717. The minimum Gasteiger partial charge on any atom is -0.480 e. The second kappa shape index (κ2) is 8.57. The van der Waals surface area contributed by atoms with Crippen LogP contribution in [0.5, 0.6) is 0 Å². The Balaban J connectivity index is 3.87. The zero-order valence-corrected chi connectivity index (χ0v) is 11.1. The number of carbonyl (C=O) groups is 1. The lowest BCUT2D eigenvalue weighted by Gasteiger charge is -2.19. The average molecular weight is 229 g/mol. The first-order valence-corrected chi connectivity index (χ1v) is 6.43. The highest BCUT2D eigenvalue weighted by Gasteiger charge is 2.16. The lowest BCUT2D eigenvalue weighted by Crippen LogP contribution is -2.39. The van der Waals surface area contributed by atoms with Gasteiger partial charge in [0.15, 0.2) is 0 Å². The number of unbranched alkanes of at least 4 members (excludes halogenated alkanes) is 1. The number of hydrogen-bond acceptors (Lipinski definition) is 2. The molecule has 3 heteroatoms. The topological polar surface area (TPSA) is 49.3 Å². The van der Waals surface area contributed by atoms with E-state index in [4.69, 9.17) is 5.11 Å². The van der Waals surface area contributed by atoms with Gasteiger partial charge in [0, 0.05) is 0 Å². The van der Waals surface area contributed by atoms with Crippen molar-refractivity contribution in [2.45, 2.75) is 59.4 Å². The molecule has 0 rings (SSSR count). The molecular weight excluding hydrogens is 202 g/mol. The van der Waals surface area contributed by atoms with E-state index >= 15 is 0 Å². The molecule has 1 unspecified atom stereocenters. The van der Waals surface area contributed by atoms with Crippen LogP contribution in [0, 0.1) is 11.8 Å². The van der Waals surface area contributed by atoms with Crippen LogP contribution >= 0.6 is 0 Å². The van der Waals surface area contributed by atoms with Gasteiger partial charge in [0.25, 0.3) is 0 Å². The van der Waals surface area contributed by atoms with Crippen LogP contribution in [-0.2, 0) is 4.79 Å². The third-order valence-electron chi connectivity index (χ3n) is 2.73. The molecule has 0 aliphatic heterocycles. The summed E-state index contributed by atoms with van der Waals surface area (Å²) >= 11 is 0. The van der Waals surface area contributed by atoms with E-state index in [2.05, 4.69) is 33.0 Å². The summed E-state index contributed by atoms with van der Waals surface area (Å²) in [6.07, 6.45) is 3.91. The van der Waals surface area contributed by atoms with E-state index in [9.17, 15) is 4.79 Å². The summed E-state index contributed by atoms with van der Waals surface area (Å²) in [6.45, 7) is 9.45. The molecule has 0 aliphatic carbocycles. The van der Waals surface area contributed by atoms with Crippen molar-refractivity contribution >= 4 is 5.97 Å². The molecule has 3 nitrogen and oxygen atoms in total. The van der Waals surface area contributed by atoms with E-state index in [-0.39, 0.29) is 6.04 Å². The van der Waals surface area contributed by atoms with Crippen LogP contribution in [-0.4, -0.2) is 23.7 Å². The summed E-state index contributed by atoms with van der Waals surface area (Å²) in [5, 5.41) is 12.2. The Hall–Kier alpha value is -0.570. The van der Waals surface area contributed by atoms with Crippen LogP contribution in [0.25, 0.3) is 0 Å². The van der Waals surface area contributed by atoms with Gasteiger partial charge >= 0.3 is 5.97 Å². The van der Waals surface area contributed by atoms with Crippen molar-refractivity contribution in [2.75, 3.05) is 6.54 Å². The molecule has 0 aliphatic rings. The Morgan fingerprint density at radius 2 is 1.94 bits per heavy atom. The average Bonchev–Trinajstić information content (AvgIpc) is 2.16. The molecule has 0 heterocycles. The van der Waals surface area contributed by atoms with Gasteiger partial charge in [-0.2, -0.15) is 0 Å². The van der Waals surface area contributed by atoms with Gasteiger partial charge in [-0.3, -0.25) is 4.79 Å². The summed E-state index contributed by atoms with van der Waals surface area (Å²) in [5.74, 6) is 0.504. The van der Waals surface area contributed by atoms with Crippen LogP contribution in [0.4, 0.5) is 0 Å². The molecule has 0 saturated carbocycles. The highest BCUT2D eigenvalue weighted by atomic mass is 16.4. The number of carboxylic acids is 1. The van der Waals surface area contributed by atoms with Gasteiger partial charge in [-0.1, -0.05) is 40.5 Å². The van der Waals surface area contributed by atoms with Gasteiger partial charge in [0.2, 0.25) is 0 Å². The second-order valence-electron chi connectivity index (χ2n) is 5.18. The van der Waals surface area contributed by atoms with Gasteiger partial charge in [-0.05, 0) is 31.2 Å². The highest BCUT2D eigenvalue weighted by molar-refractivity contribution is 5.73. The predicted octanol–water partition coefficient (Wildman–Crippen LogP) is 2.90. The van der Waals surface area contributed by atoms with Gasteiger partial charge < -0.3 is 10.4 Å². The van der Waals surface area contributed by atoms with E-state index in [1.165, 1.54) is 0 Å². The van der Waals surface area contributed by atoms with Gasteiger partial charge in [-0.15, -0.1) is 0 Å². The number of rotatable bonds is 9. The van der Waals surface area contributed by atoms with E-state index in [0.29, 0.717) is 11.8 Å². The molecule has 96 valence electrons. The number of carboxylic acid groups (broad SMARTS) is 1. The highest BCUT2D eigenvalue weighted by Crippen LogP contribution is 2.10. The molecule has 0 aromatic heterocycles. The van der Waals surface area contributed by atoms with Crippen molar-refractivity contribution in [1.29, 1.82) is 0 Å². The third-order valence-corrected chi connectivity index (χ3v) is 2.73. The molecule has 0 spiro atoms. The Labute approximate surface area is 99.6 Å². The van der Waals surface area contributed by atoms with E-state index < -0.39 is 5.97 Å². The Bertz CT molecular complexity index is 192. The summed E-state index contributed by atoms with van der Waals surface area (Å²) in [5.41, 5.74) is 0. The molecule has 0 amide bonds. The fourth-order valence-corrected chi connectivity index (χ4v) is 1.95. The van der Waals surface area contributed by atoms with Crippen molar-refractivity contribution < 1.29 is 9.90 Å². The first-order valence-electron chi connectivity index (χ1n) is 6.43. The Morgan fingerprint density at radius 1 is 1.31 bits per heavy atom. The molecule has 2 N–H and O–H groups in total. The first-order chi connectivity index (χ1) is 7.47. The van der Waals surface area contributed by atoms with E-state index in [1.807, 2.05) is 0 Å². The summed E-state index contributed by atoms with van der Waals surface area (Å²) < 4.78 is 0. The normalized spacial score (nSPS) is 15.1. The minimum absolute atomic E-state index is 0.366. The second-order valence-corrected chi connectivity index (χ2v) is 5.18. The fourth-order valence-electron chi connectivity index (χ4n) is 1.95. The quantitative estimate of drug-likeness (QED) is 0.639. The zero-order valence-electron chi connectivity index (χ0n) is 11.1. The number of nitrogens with one attached hydrogen (secondary N) is 1. The molecule has 2 atom stereocenters. The summed E-state index contributed by atoms with van der Waals surface area (Å²) in [7, 11) is 0. The SMILES string of the molecule is CCCC[C@H](NCC(C)CC(C)C)C(=O)O. The Morgan fingerprint density at radius 3 is 2.38 bits per heavy atom. The van der Waals surface area contributed by atoms with Crippen LogP contribution in [0.15, 0.2) is 0 Å². The monoisotopic (exact) mass is 229 g/mol. The van der Waals surface area contributed by atoms with Crippen LogP contribution in [0.2, 0.25) is 0 Å². The molecule has 0 fully saturated rings. The summed E-state index contributed by atoms with van der Waals surface area (Å²) in [6, 6.07) is -0.366. The lowest BCUT2D eigenvalue weighted by atomic mass is 9.98. The van der Waals surface area contributed by atoms with E-state index in [0.717, 1.165) is 32.2 Å². The van der Waals surface area contributed by atoms with Gasteiger partial charge in [0.05, 0.1) is 0 Å². The van der Waals surface area contributed by atoms with Crippen LogP contribution in [0.1, 0.15) is 53.4 Å². The lowest BCUT2D eigenvalue weighted by molar-refractivity contribution is -0.139. The maximum absolute atomic E-state index is 11.0. The smallest absolute Gasteiger partial charge is 0.320 e. The van der Waals surface area contributed by atoms with Crippen LogP contribution in [0.3, 0.4) is 0 Å². The van der Waals surface area contributed by atoms with Gasteiger partial charge in [0.1, 0.15) is 6.04 Å². The van der Waals surface area contributed by atoms with Crippen molar-refractivity contribution in [3.8, 4) is 0 Å². The number of hydrogen-bond donors (Lipinski definition) is 2. The standard InChI is InChI=1S/C13H27NO2/c1-5-6-7-12(13(15)16)14-9-11(4)8-10(2)3/h10-12,14H,5-9H2,1-4H3,(H,15,16)/t11?,12-/m0/s1. The van der Waals surface area contributed by atoms with Crippen molar-refractivity contribution in [2.24, 2.45) is 11.8 Å². The Kier molecular flexibility index (Phi) is 8.26. The molecule has 0 saturated heterocycles. The maximum Gasteiger partial charge on any atom is 0.320 e. The zero-order chi connectivity index (χ0) is 12.6. The number of aliphatic carboxylic acids is 1. The third kappa shape index (κ3) is 7.69. The van der Waals surface area contributed by atoms with Crippen LogP contribution < -0.4 is 5.32 Å².